The SMILES string of the molecule is O=C1CCC(c2cc3cncc(Br)c3o2)NC(=O)N1. The van der Waals surface area contributed by atoms with Crippen LogP contribution in [0.1, 0.15) is 24.6 Å². The number of urea groups is 1. The molecule has 1 atom stereocenters. The van der Waals surface area contributed by atoms with Gasteiger partial charge < -0.3 is 9.73 Å². The van der Waals surface area contributed by atoms with E-state index >= 15 is 0 Å². The van der Waals surface area contributed by atoms with E-state index in [4.69, 9.17) is 4.42 Å². The second-order valence-electron chi connectivity index (χ2n) is 4.30. The van der Waals surface area contributed by atoms with E-state index in [-0.39, 0.29) is 18.4 Å². The number of amides is 3. The fraction of sp³-hybridized carbons (Fsp3) is 0.250. The lowest BCUT2D eigenvalue weighted by Gasteiger charge is -2.11. The molecule has 3 rings (SSSR count). The van der Waals surface area contributed by atoms with E-state index < -0.39 is 6.03 Å². The lowest BCUT2D eigenvalue weighted by molar-refractivity contribution is -0.119. The van der Waals surface area contributed by atoms with E-state index in [0.717, 1.165) is 9.86 Å². The molecular formula is C12H10BrN3O3. The van der Waals surface area contributed by atoms with Gasteiger partial charge in [0.25, 0.3) is 0 Å². The van der Waals surface area contributed by atoms with Crippen LogP contribution in [0.3, 0.4) is 0 Å². The number of halogens is 1. The smallest absolute Gasteiger partial charge is 0.322 e. The van der Waals surface area contributed by atoms with Crippen LogP contribution >= 0.6 is 15.9 Å². The number of imide groups is 1. The van der Waals surface area contributed by atoms with Gasteiger partial charge >= 0.3 is 6.03 Å². The minimum absolute atomic E-state index is 0.278. The van der Waals surface area contributed by atoms with E-state index in [1.54, 1.807) is 12.4 Å². The van der Waals surface area contributed by atoms with Crippen molar-refractivity contribution >= 4 is 38.8 Å². The number of nitrogens with one attached hydrogen (secondary N) is 2. The van der Waals surface area contributed by atoms with Gasteiger partial charge in [-0.25, -0.2) is 4.79 Å². The number of hydrogen-bond acceptors (Lipinski definition) is 4. The van der Waals surface area contributed by atoms with E-state index in [1.807, 2.05) is 6.07 Å². The molecule has 7 heteroatoms. The standard InChI is InChI=1S/C12H10BrN3O3/c13-7-5-14-4-6-3-9(19-11(6)7)8-1-2-10(17)16-12(18)15-8/h3-5,8H,1-2H2,(H2,15,16,17,18). The summed E-state index contributed by atoms with van der Waals surface area (Å²) in [5.41, 5.74) is 0.683. The summed E-state index contributed by atoms with van der Waals surface area (Å²) in [5, 5.41) is 5.79. The summed E-state index contributed by atoms with van der Waals surface area (Å²) in [6.07, 6.45) is 4.11. The van der Waals surface area contributed by atoms with Crippen molar-refractivity contribution in [1.29, 1.82) is 0 Å². The molecule has 0 aliphatic carbocycles. The molecule has 3 amide bonds. The summed E-state index contributed by atoms with van der Waals surface area (Å²) < 4.78 is 6.49. The fourth-order valence-electron chi connectivity index (χ4n) is 2.07. The van der Waals surface area contributed by atoms with Crippen LogP contribution in [0.2, 0.25) is 0 Å². The average molecular weight is 324 g/mol. The molecule has 2 aromatic rings. The summed E-state index contributed by atoms with van der Waals surface area (Å²) >= 11 is 3.36. The monoisotopic (exact) mass is 323 g/mol. The molecule has 6 nitrogen and oxygen atoms in total. The van der Waals surface area contributed by atoms with Gasteiger partial charge in [-0.3, -0.25) is 15.1 Å². The zero-order chi connectivity index (χ0) is 13.4. The Bertz CT molecular complexity index is 667. The van der Waals surface area contributed by atoms with E-state index in [0.29, 0.717) is 17.8 Å². The largest absolute Gasteiger partial charge is 0.458 e. The molecule has 0 bridgehead atoms. The molecule has 1 aliphatic rings. The molecule has 0 aromatic carbocycles. The van der Waals surface area contributed by atoms with Gasteiger partial charge in [-0.1, -0.05) is 0 Å². The molecular weight excluding hydrogens is 314 g/mol. The van der Waals surface area contributed by atoms with Gasteiger partial charge in [0.1, 0.15) is 5.76 Å². The zero-order valence-corrected chi connectivity index (χ0v) is 11.4. The van der Waals surface area contributed by atoms with Crippen LogP contribution in [0.25, 0.3) is 11.0 Å². The first-order chi connectivity index (χ1) is 9.13. The summed E-state index contributed by atoms with van der Waals surface area (Å²) in [6, 6.07) is 1.02. The van der Waals surface area contributed by atoms with E-state index in [9.17, 15) is 9.59 Å². The molecule has 0 saturated carbocycles. The van der Waals surface area contributed by atoms with Crippen LogP contribution in [0.15, 0.2) is 27.3 Å². The van der Waals surface area contributed by atoms with Gasteiger partial charge in [0.15, 0.2) is 5.58 Å². The first-order valence-electron chi connectivity index (χ1n) is 5.77. The third-order valence-electron chi connectivity index (χ3n) is 2.96. The van der Waals surface area contributed by atoms with E-state index in [2.05, 4.69) is 31.5 Å². The van der Waals surface area contributed by atoms with Gasteiger partial charge in [0, 0.05) is 24.2 Å². The Hall–Kier alpha value is -1.89. The Morgan fingerprint density at radius 3 is 3.00 bits per heavy atom. The zero-order valence-electron chi connectivity index (χ0n) is 9.77. The number of pyridine rings is 1. The number of aromatic nitrogens is 1. The number of rotatable bonds is 1. The van der Waals surface area contributed by atoms with Crippen LogP contribution in [-0.4, -0.2) is 16.9 Å². The number of carbonyl (C=O) groups is 2. The van der Waals surface area contributed by atoms with E-state index in [1.165, 1.54) is 0 Å². The van der Waals surface area contributed by atoms with Crippen LogP contribution in [-0.2, 0) is 4.79 Å². The molecule has 1 aliphatic heterocycles. The van der Waals surface area contributed by atoms with Crippen molar-refractivity contribution < 1.29 is 14.0 Å². The van der Waals surface area contributed by atoms with Crippen LogP contribution in [0, 0.1) is 0 Å². The molecule has 1 fully saturated rings. The van der Waals surface area contributed by atoms with Gasteiger partial charge in [0.05, 0.1) is 10.5 Å². The highest BCUT2D eigenvalue weighted by molar-refractivity contribution is 9.10. The third kappa shape index (κ3) is 2.33. The Labute approximate surface area is 116 Å². The maximum Gasteiger partial charge on any atom is 0.322 e. The summed E-state index contributed by atoms with van der Waals surface area (Å²) in [4.78, 5) is 26.8. The highest BCUT2D eigenvalue weighted by Gasteiger charge is 2.24. The maximum atomic E-state index is 11.5. The number of fused-ring (bicyclic) bond motifs is 1. The molecule has 98 valence electrons. The predicted octanol–water partition coefficient (Wildman–Crippen LogP) is 2.25. The Kier molecular flexibility index (Phi) is 2.98. The Morgan fingerprint density at radius 1 is 1.37 bits per heavy atom. The Balaban J connectivity index is 1.97. The molecule has 19 heavy (non-hydrogen) atoms. The molecule has 1 unspecified atom stereocenters. The van der Waals surface area contributed by atoms with Crippen LogP contribution in [0.4, 0.5) is 4.79 Å². The molecule has 2 aromatic heterocycles. The summed E-state index contributed by atoms with van der Waals surface area (Å²) in [6.45, 7) is 0. The lowest BCUT2D eigenvalue weighted by Crippen LogP contribution is -2.37. The van der Waals surface area contributed by atoms with Crippen molar-refractivity contribution in [3.05, 3.63) is 28.7 Å². The first-order valence-corrected chi connectivity index (χ1v) is 6.56. The van der Waals surface area contributed by atoms with Crippen molar-refractivity contribution in [2.75, 3.05) is 0 Å². The lowest BCUT2D eigenvalue weighted by atomic mass is 10.1. The fourth-order valence-corrected chi connectivity index (χ4v) is 2.49. The topological polar surface area (TPSA) is 84.2 Å². The minimum Gasteiger partial charge on any atom is -0.458 e. The van der Waals surface area contributed by atoms with Gasteiger partial charge in [-0.15, -0.1) is 0 Å². The molecule has 0 radical (unpaired) electrons. The summed E-state index contributed by atoms with van der Waals surface area (Å²) in [5.74, 6) is 0.340. The summed E-state index contributed by atoms with van der Waals surface area (Å²) in [7, 11) is 0. The number of nitrogens with zero attached hydrogens (tertiary/aromatic N) is 1. The number of hydrogen-bond donors (Lipinski definition) is 2. The van der Waals surface area contributed by atoms with Crippen molar-refractivity contribution in [3.8, 4) is 0 Å². The third-order valence-corrected chi connectivity index (χ3v) is 3.52. The van der Waals surface area contributed by atoms with Crippen LogP contribution < -0.4 is 10.6 Å². The molecule has 2 N–H and O–H groups in total. The van der Waals surface area contributed by atoms with Gasteiger partial charge in [-0.05, 0) is 28.4 Å². The van der Waals surface area contributed by atoms with Crippen molar-refractivity contribution in [2.24, 2.45) is 0 Å². The highest BCUT2D eigenvalue weighted by Crippen LogP contribution is 2.30. The second kappa shape index (κ2) is 4.65. The van der Waals surface area contributed by atoms with Gasteiger partial charge in [-0.2, -0.15) is 0 Å². The quantitative estimate of drug-likeness (QED) is 0.843. The predicted molar refractivity (Wildman–Crippen MR) is 70.4 cm³/mol. The molecule has 3 heterocycles. The minimum atomic E-state index is -0.495. The van der Waals surface area contributed by atoms with Gasteiger partial charge in [0.2, 0.25) is 5.91 Å². The first kappa shape index (κ1) is 12.2. The molecule has 0 spiro atoms. The van der Waals surface area contributed by atoms with Crippen LogP contribution in [0.5, 0.6) is 0 Å². The Morgan fingerprint density at radius 2 is 2.21 bits per heavy atom. The molecule has 1 saturated heterocycles. The van der Waals surface area contributed by atoms with Crippen molar-refractivity contribution in [2.45, 2.75) is 18.9 Å². The maximum absolute atomic E-state index is 11.5. The number of carbonyl (C=O) groups excluding carboxylic acids is 2. The second-order valence-corrected chi connectivity index (χ2v) is 5.16. The van der Waals surface area contributed by atoms with Crippen molar-refractivity contribution in [3.63, 3.8) is 0 Å². The average Bonchev–Trinajstić information content (AvgIpc) is 2.72. The number of furan rings is 1. The normalized spacial score (nSPS) is 19.9. The van der Waals surface area contributed by atoms with Crippen molar-refractivity contribution in [1.82, 2.24) is 15.6 Å². The highest BCUT2D eigenvalue weighted by atomic mass is 79.9.